The molecule has 0 saturated carbocycles. The quantitative estimate of drug-likeness (QED) is 0.809. The molecule has 112 valence electrons. The summed E-state index contributed by atoms with van der Waals surface area (Å²) in [5, 5.41) is 8.72. The molecule has 2 heterocycles. The third-order valence-electron chi connectivity index (χ3n) is 3.83. The summed E-state index contributed by atoms with van der Waals surface area (Å²) in [5.41, 5.74) is 1.20. The predicted octanol–water partition coefficient (Wildman–Crippen LogP) is 0.592. The van der Waals surface area contributed by atoms with Gasteiger partial charge in [-0.3, -0.25) is 14.7 Å². The number of hydrogen-bond donors (Lipinski definition) is 1. The molecule has 1 aromatic heterocycles. The first-order valence-electron chi connectivity index (χ1n) is 7.20. The van der Waals surface area contributed by atoms with E-state index in [4.69, 9.17) is 5.11 Å². The van der Waals surface area contributed by atoms with Gasteiger partial charge in [0.05, 0.1) is 5.56 Å². The van der Waals surface area contributed by atoms with E-state index in [1.54, 1.807) is 18.5 Å². The Morgan fingerprint density at radius 1 is 1.48 bits per heavy atom. The van der Waals surface area contributed by atoms with Gasteiger partial charge in [-0.05, 0) is 19.5 Å². The Bertz CT molecular complexity index is 562. The number of hydrogen-bond acceptors (Lipinski definition) is 4. The summed E-state index contributed by atoms with van der Waals surface area (Å²) in [5.74, 6) is 5.35. The van der Waals surface area contributed by atoms with Crippen molar-refractivity contribution >= 4 is 5.91 Å². The molecular weight excluding hydrogens is 266 g/mol. The van der Waals surface area contributed by atoms with Gasteiger partial charge in [-0.15, -0.1) is 0 Å². The van der Waals surface area contributed by atoms with Crippen LogP contribution in [0.2, 0.25) is 0 Å². The number of aliphatic hydroxyl groups excluding tert-OH is 1. The first kappa shape index (κ1) is 15.5. The molecule has 1 N–H and O–H groups in total. The average Bonchev–Trinajstić information content (AvgIpc) is 2.53. The van der Waals surface area contributed by atoms with Gasteiger partial charge in [0.2, 0.25) is 0 Å². The van der Waals surface area contributed by atoms with E-state index in [0.717, 1.165) is 26.1 Å². The van der Waals surface area contributed by atoms with Crippen LogP contribution in [-0.4, -0.2) is 65.1 Å². The van der Waals surface area contributed by atoms with Crippen LogP contribution in [0.4, 0.5) is 0 Å². The Hall–Kier alpha value is -1.90. The number of pyridine rings is 1. The Morgan fingerprint density at radius 3 is 3.00 bits per heavy atom. The van der Waals surface area contributed by atoms with Crippen LogP contribution in [-0.2, 0) is 0 Å². The highest BCUT2D eigenvalue weighted by Crippen LogP contribution is 2.14. The maximum absolute atomic E-state index is 12.6. The lowest BCUT2D eigenvalue weighted by Gasteiger charge is -2.39. The molecule has 5 heteroatoms. The highest BCUT2D eigenvalue weighted by Gasteiger charge is 2.26. The molecule has 1 unspecified atom stereocenters. The van der Waals surface area contributed by atoms with E-state index >= 15 is 0 Å². The van der Waals surface area contributed by atoms with Crippen molar-refractivity contribution < 1.29 is 9.90 Å². The van der Waals surface area contributed by atoms with Gasteiger partial charge in [0, 0.05) is 43.6 Å². The van der Waals surface area contributed by atoms with E-state index in [1.165, 1.54) is 0 Å². The Morgan fingerprint density at radius 2 is 2.29 bits per heavy atom. The van der Waals surface area contributed by atoms with Crippen LogP contribution in [0.3, 0.4) is 0 Å². The highest BCUT2D eigenvalue weighted by molar-refractivity contribution is 5.94. The van der Waals surface area contributed by atoms with Crippen molar-refractivity contribution in [1.29, 1.82) is 0 Å². The number of aliphatic hydroxyl groups is 1. The fraction of sp³-hybridized carbons (Fsp3) is 0.500. The summed E-state index contributed by atoms with van der Waals surface area (Å²) in [4.78, 5) is 20.8. The second kappa shape index (κ2) is 7.21. The summed E-state index contributed by atoms with van der Waals surface area (Å²) in [6, 6.07) is 2.14. The lowest BCUT2D eigenvalue weighted by Crippen LogP contribution is -2.53. The molecule has 1 atom stereocenters. The molecule has 1 aliphatic rings. The van der Waals surface area contributed by atoms with Crippen molar-refractivity contribution in [2.24, 2.45) is 0 Å². The molecule has 0 aromatic carbocycles. The fourth-order valence-electron chi connectivity index (χ4n) is 2.52. The number of likely N-dealkylation sites (N-methyl/N-ethyl adjacent to an activating group) is 1. The van der Waals surface area contributed by atoms with Crippen molar-refractivity contribution in [2.45, 2.75) is 19.4 Å². The Kier molecular flexibility index (Phi) is 5.32. The number of carbonyl (C=O) groups excluding carboxylic acids is 1. The molecule has 0 spiro atoms. The summed E-state index contributed by atoms with van der Waals surface area (Å²) < 4.78 is 0. The zero-order valence-electron chi connectivity index (χ0n) is 12.5. The van der Waals surface area contributed by atoms with Crippen molar-refractivity contribution in [3.8, 4) is 11.8 Å². The minimum atomic E-state index is -0.200. The van der Waals surface area contributed by atoms with Crippen LogP contribution >= 0.6 is 0 Å². The number of aromatic nitrogens is 1. The summed E-state index contributed by atoms with van der Waals surface area (Å²) >= 11 is 0. The normalized spacial score (nSPS) is 19.0. The molecule has 0 aliphatic carbocycles. The van der Waals surface area contributed by atoms with E-state index < -0.39 is 0 Å². The molecule has 0 bridgehead atoms. The van der Waals surface area contributed by atoms with E-state index in [0.29, 0.717) is 17.2 Å². The largest absolute Gasteiger partial charge is 0.384 e. The van der Waals surface area contributed by atoms with Gasteiger partial charge >= 0.3 is 0 Å². The molecule has 5 nitrogen and oxygen atoms in total. The number of piperazine rings is 1. The molecule has 1 aliphatic heterocycles. The third kappa shape index (κ3) is 3.81. The van der Waals surface area contributed by atoms with Gasteiger partial charge in [0.1, 0.15) is 6.61 Å². The van der Waals surface area contributed by atoms with Gasteiger partial charge in [-0.1, -0.05) is 18.8 Å². The van der Waals surface area contributed by atoms with Crippen molar-refractivity contribution in [3.05, 3.63) is 29.6 Å². The fourth-order valence-corrected chi connectivity index (χ4v) is 2.52. The molecule has 1 amide bonds. The maximum atomic E-state index is 12.6. The zero-order valence-corrected chi connectivity index (χ0v) is 12.5. The van der Waals surface area contributed by atoms with Crippen LogP contribution in [0.1, 0.15) is 29.3 Å². The number of rotatable bonds is 2. The van der Waals surface area contributed by atoms with Gasteiger partial charge in [-0.2, -0.15) is 0 Å². The first-order valence-corrected chi connectivity index (χ1v) is 7.20. The molecular formula is C16H21N3O2. The molecule has 0 radical (unpaired) electrons. The molecule has 1 saturated heterocycles. The second-order valence-corrected chi connectivity index (χ2v) is 5.22. The lowest BCUT2D eigenvalue weighted by atomic mass is 10.1. The standard InChI is InChI=1S/C16H21N3O2/c1-3-15-12-19(7-6-18(15)2)16(21)14-9-13(5-4-8-20)10-17-11-14/h9-11,15,20H,3,6-8,12H2,1-2H3. The van der Waals surface area contributed by atoms with E-state index in [1.807, 2.05) is 4.90 Å². The topological polar surface area (TPSA) is 56.7 Å². The van der Waals surface area contributed by atoms with Crippen LogP contribution in [0.15, 0.2) is 18.5 Å². The SMILES string of the molecule is CCC1CN(C(=O)c2cncc(C#CCO)c2)CCN1C. The summed E-state index contributed by atoms with van der Waals surface area (Å²) in [7, 11) is 2.10. The number of nitrogens with zero attached hydrogens (tertiary/aromatic N) is 3. The van der Waals surface area contributed by atoms with Crippen molar-refractivity contribution in [3.63, 3.8) is 0 Å². The monoisotopic (exact) mass is 287 g/mol. The predicted molar refractivity (Wildman–Crippen MR) is 80.8 cm³/mol. The van der Waals surface area contributed by atoms with Crippen LogP contribution < -0.4 is 0 Å². The number of carbonyl (C=O) groups is 1. The van der Waals surface area contributed by atoms with E-state index in [-0.39, 0.29) is 12.5 Å². The maximum Gasteiger partial charge on any atom is 0.255 e. The van der Waals surface area contributed by atoms with E-state index in [9.17, 15) is 4.79 Å². The average molecular weight is 287 g/mol. The van der Waals surface area contributed by atoms with Crippen LogP contribution in [0.25, 0.3) is 0 Å². The van der Waals surface area contributed by atoms with E-state index in [2.05, 4.69) is 35.7 Å². The third-order valence-corrected chi connectivity index (χ3v) is 3.83. The minimum Gasteiger partial charge on any atom is -0.384 e. The number of amides is 1. The minimum absolute atomic E-state index is 0.00157. The van der Waals surface area contributed by atoms with Gasteiger partial charge in [-0.25, -0.2) is 0 Å². The summed E-state index contributed by atoms with van der Waals surface area (Å²) in [6.45, 7) is 4.31. The van der Waals surface area contributed by atoms with Gasteiger partial charge in [0.15, 0.2) is 0 Å². The molecule has 1 fully saturated rings. The first-order chi connectivity index (χ1) is 10.2. The van der Waals surface area contributed by atoms with Gasteiger partial charge < -0.3 is 10.0 Å². The van der Waals surface area contributed by atoms with Crippen LogP contribution in [0.5, 0.6) is 0 Å². The Balaban J connectivity index is 2.13. The molecule has 1 aromatic rings. The highest BCUT2D eigenvalue weighted by atomic mass is 16.2. The molecule has 21 heavy (non-hydrogen) atoms. The Labute approximate surface area is 125 Å². The lowest BCUT2D eigenvalue weighted by molar-refractivity contribution is 0.0541. The van der Waals surface area contributed by atoms with Gasteiger partial charge in [0.25, 0.3) is 5.91 Å². The van der Waals surface area contributed by atoms with Crippen molar-refractivity contribution in [2.75, 3.05) is 33.3 Å². The smallest absolute Gasteiger partial charge is 0.255 e. The summed E-state index contributed by atoms with van der Waals surface area (Å²) in [6.07, 6.45) is 4.20. The van der Waals surface area contributed by atoms with Crippen LogP contribution in [0, 0.1) is 11.8 Å². The van der Waals surface area contributed by atoms with Crippen molar-refractivity contribution in [1.82, 2.24) is 14.8 Å². The zero-order chi connectivity index (χ0) is 15.2. The molecule has 2 rings (SSSR count). The second-order valence-electron chi connectivity index (χ2n) is 5.22.